The molecule has 65 heavy (non-hydrogen) atoms. The van der Waals surface area contributed by atoms with E-state index in [-0.39, 0.29) is 73.3 Å². The van der Waals surface area contributed by atoms with Gasteiger partial charge in [0.25, 0.3) is 0 Å². The van der Waals surface area contributed by atoms with Crippen LogP contribution in [0.25, 0.3) is 0 Å². The minimum Gasteiger partial charge on any atom is -0.507 e. The maximum absolute atomic E-state index is 13.7. The van der Waals surface area contributed by atoms with Crippen LogP contribution in [0.5, 0.6) is 11.5 Å². The third-order valence-corrected chi connectivity index (χ3v) is 14.2. The zero-order valence-corrected chi connectivity index (χ0v) is 40.4. The Kier molecular flexibility index (Phi) is 13.1. The summed E-state index contributed by atoms with van der Waals surface area (Å²) in [6, 6.07) is 22.3. The number of halogens is 4. The molecule has 5 aromatic carbocycles. The van der Waals surface area contributed by atoms with Gasteiger partial charge in [0.15, 0.2) is 11.6 Å². The van der Waals surface area contributed by atoms with Crippen molar-refractivity contribution in [1.29, 1.82) is 0 Å². The SMILES string of the molecule is CC(OC(=O)NCNC(=O)OC(C)C1C=C([NH2+]c2ccc(O)c3c2C(=O)c2ccccc2C3=O)C(Br)=CC1Br)c1cc([NH2+]c2ccc(O)c3c2C(=O)c2ccccc2C3=O)c(Br)cc1Br. The van der Waals surface area contributed by atoms with E-state index in [1.807, 2.05) is 12.2 Å². The summed E-state index contributed by atoms with van der Waals surface area (Å²) >= 11 is 14.3. The quantitative estimate of drug-likeness (QED) is 0.0336. The predicted octanol–water partition coefficient (Wildman–Crippen LogP) is 8.01. The van der Waals surface area contributed by atoms with Crippen molar-refractivity contribution in [1.82, 2.24) is 10.6 Å². The van der Waals surface area contributed by atoms with Crippen LogP contribution in [0.2, 0.25) is 0 Å². The van der Waals surface area contributed by atoms with Crippen LogP contribution in [0.4, 0.5) is 26.7 Å². The standard InChI is InChI=1S/C47H34Br4N4O10/c1-20(26-15-34(30(50)17-28(26)48)54-32-11-13-36(56)40-38(32)42(58)22-7-3-5-9-24(22)44(40)60)64-46(62)52-19-53-47(63)65-21(2)27-16-35(31(51)18-29(27)49)55-33-12-14-37(57)41-39(33)43(59)23-8-4-6-10-25(23)45(41)61/h3-18,20-21,26,28,54-57H,19H2,1-2H3,(H,52,62)(H,53,63)/p+2. The summed E-state index contributed by atoms with van der Waals surface area (Å²) < 4.78 is 13.2. The number of carbonyl (C=O) groups is 6. The Morgan fingerprint density at radius 3 is 1.63 bits per heavy atom. The van der Waals surface area contributed by atoms with Gasteiger partial charge in [-0.2, -0.15) is 0 Å². The minimum absolute atomic E-state index is 0.0600. The first-order chi connectivity index (χ1) is 31.0. The fourth-order valence-corrected chi connectivity index (χ4v) is 11.2. The molecule has 0 spiro atoms. The predicted molar refractivity (Wildman–Crippen MR) is 251 cm³/mol. The Labute approximate surface area is 404 Å². The van der Waals surface area contributed by atoms with Crippen LogP contribution >= 0.6 is 63.7 Å². The minimum atomic E-state index is -0.840. The molecule has 3 aliphatic carbocycles. The van der Waals surface area contributed by atoms with Gasteiger partial charge in [-0.3, -0.25) is 29.8 Å². The van der Waals surface area contributed by atoms with Crippen molar-refractivity contribution in [3.63, 3.8) is 0 Å². The lowest BCUT2D eigenvalue weighted by Crippen LogP contribution is -2.77. The highest BCUT2D eigenvalue weighted by Gasteiger charge is 2.38. The molecule has 0 radical (unpaired) electrons. The van der Waals surface area contributed by atoms with E-state index in [1.54, 1.807) is 97.3 Å². The number of hydrogen-bond acceptors (Lipinski definition) is 10. The topological polar surface area (TPSA) is 219 Å². The summed E-state index contributed by atoms with van der Waals surface area (Å²) in [6.45, 7) is 3.03. The fraction of sp³-hybridized carbons (Fsp3) is 0.149. The normalized spacial score (nSPS) is 17.1. The van der Waals surface area contributed by atoms with Crippen molar-refractivity contribution in [3.05, 3.63) is 166 Å². The number of quaternary nitrogens is 2. The monoisotopic (exact) mass is 1130 g/mol. The van der Waals surface area contributed by atoms with Gasteiger partial charge in [-0.15, -0.1) is 0 Å². The molecule has 18 heteroatoms. The van der Waals surface area contributed by atoms with E-state index in [0.717, 1.165) is 0 Å². The van der Waals surface area contributed by atoms with Crippen LogP contribution in [-0.4, -0.2) is 63.1 Å². The molecule has 0 saturated carbocycles. The van der Waals surface area contributed by atoms with Gasteiger partial charge in [-0.05, 0) is 76.1 Å². The number of phenolic OH excluding ortho intramolecular Hbond substituents is 2. The van der Waals surface area contributed by atoms with E-state index in [2.05, 4.69) is 74.4 Å². The third-order valence-electron chi connectivity index (χ3n) is 11.3. The second-order valence-electron chi connectivity index (χ2n) is 15.3. The van der Waals surface area contributed by atoms with Crippen molar-refractivity contribution in [2.24, 2.45) is 5.92 Å². The molecule has 0 aromatic heterocycles. The van der Waals surface area contributed by atoms with Crippen LogP contribution < -0.4 is 21.3 Å². The Morgan fingerprint density at radius 1 is 0.631 bits per heavy atom. The number of rotatable bonds is 10. The first-order valence-electron chi connectivity index (χ1n) is 19.9. The lowest BCUT2D eigenvalue weighted by Gasteiger charge is -2.28. The highest BCUT2D eigenvalue weighted by molar-refractivity contribution is 9.12. The van der Waals surface area contributed by atoms with Gasteiger partial charge in [0.1, 0.15) is 46.5 Å². The molecule has 8 N–H and O–H groups in total. The van der Waals surface area contributed by atoms with Gasteiger partial charge in [-0.1, -0.05) is 80.4 Å². The van der Waals surface area contributed by atoms with Gasteiger partial charge in [0, 0.05) is 61.2 Å². The number of amides is 2. The van der Waals surface area contributed by atoms with Crippen LogP contribution in [0.1, 0.15) is 89.2 Å². The Bertz CT molecular complexity index is 2970. The molecule has 4 atom stereocenters. The van der Waals surface area contributed by atoms with E-state index in [0.29, 0.717) is 41.8 Å². The van der Waals surface area contributed by atoms with Crippen LogP contribution in [0, 0.1) is 5.92 Å². The smallest absolute Gasteiger partial charge is 0.409 e. The highest BCUT2D eigenvalue weighted by atomic mass is 79.9. The third kappa shape index (κ3) is 8.85. The number of allylic oxidation sites excluding steroid dienone is 2. The van der Waals surface area contributed by atoms with E-state index < -0.39 is 47.7 Å². The molecule has 330 valence electrons. The first-order valence-corrected chi connectivity index (χ1v) is 23.2. The number of alkyl halides is 1. The summed E-state index contributed by atoms with van der Waals surface area (Å²) in [6.07, 6.45) is 0.571. The number of nitrogens with one attached hydrogen (secondary N) is 2. The molecule has 0 fully saturated rings. The van der Waals surface area contributed by atoms with Crippen LogP contribution in [0.15, 0.2) is 116 Å². The molecule has 14 nitrogen and oxygen atoms in total. The van der Waals surface area contributed by atoms with E-state index in [9.17, 15) is 39.0 Å². The molecule has 0 aliphatic heterocycles. The van der Waals surface area contributed by atoms with Gasteiger partial charge in [0.2, 0.25) is 11.6 Å². The number of carbonyl (C=O) groups excluding carboxylic acids is 6. The Hall–Kier alpha value is -5.76. The maximum atomic E-state index is 13.7. The summed E-state index contributed by atoms with van der Waals surface area (Å²) in [5, 5.41) is 29.7. The molecule has 8 rings (SSSR count). The first kappa shape index (κ1) is 45.8. The van der Waals surface area contributed by atoms with E-state index in [4.69, 9.17) is 9.47 Å². The lowest BCUT2D eigenvalue weighted by atomic mass is 9.82. The van der Waals surface area contributed by atoms with Gasteiger partial charge < -0.3 is 30.3 Å². The number of hydrogen-bond donors (Lipinski definition) is 6. The molecular weight excluding hydrogens is 1100 g/mol. The van der Waals surface area contributed by atoms with Crippen LogP contribution in [-0.2, 0) is 9.47 Å². The van der Waals surface area contributed by atoms with Crippen molar-refractivity contribution in [2.45, 2.75) is 30.9 Å². The average molecular weight is 1140 g/mol. The average Bonchev–Trinajstić information content (AvgIpc) is 3.27. The number of ether oxygens (including phenoxy) is 2. The number of nitrogens with two attached hydrogens (primary N) is 2. The lowest BCUT2D eigenvalue weighted by molar-refractivity contribution is -0.513. The largest absolute Gasteiger partial charge is 0.507 e. The second kappa shape index (κ2) is 18.6. The van der Waals surface area contributed by atoms with Crippen molar-refractivity contribution in [3.8, 4) is 11.5 Å². The maximum Gasteiger partial charge on any atom is 0.409 e. The van der Waals surface area contributed by atoms with Crippen molar-refractivity contribution >= 4 is 116 Å². The second-order valence-corrected chi connectivity index (χ2v) is 18.9. The molecule has 0 bridgehead atoms. The molecule has 5 aromatic rings. The molecule has 0 heterocycles. The summed E-state index contributed by atoms with van der Waals surface area (Å²) in [5.41, 5.74) is 3.61. The highest BCUT2D eigenvalue weighted by Crippen LogP contribution is 2.39. The number of fused-ring (bicyclic) bond motifs is 4. The fourth-order valence-electron chi connectivity index (χ4n) is 8.02. The van der Waals surface area contributed by atoms with Crippen molar-refractivity contribution < 1.29 is 59.1 Å². The van der Waals surface area contributed by atoms with E-state index in [1.165, 1.54) is 12.1 Å². The summed E-state index contributed by atoms with van der Waals surface area (Å²) in [5.74, 6) is -2.67. The van der Waals surface area contributed by atoms with Crippen LogP contribution in [0.3, 0.4) is 0 Å². The Balaban J connectivity index is 0.881. The molecule has 3 aliphatic rings. The molecule has 2 amide bonds. The molecular formula is C47H36Br4N4O10+2. The number of aromatic hydroxyl groups is 2. The Morgan fingerprint density at radius 2 is 1.11 bits per heavy atom. The summed E-state index contributed by atoms with van der Waals surface area (Å²) in [4.78, 5) is 79.7. The number of ketones is 4. The van der Waals surface area contributed by atoms with Crippen molar-refractivity contribution in [2.75, 3.05) is 6.67 Å². The number of phenols is 2. The zero-order chi connectivity index (χ0) is 46.4. The summed E-state index contributed by atoms with van der Waals surface area (Å²) in [7, 11) is 0. The zero-order valence-electron chi connectivity index (χ0n) is 34.1. The molecule has 0 saturated heterocycles. The molecule has 4 unspecified atom stereocenters. The number of alkyl carbamates (subject to hydrolysis) is 2. The van der Waals surface area contributed by atoms with Gasteiger partial charge >= 0.3 is 12.2 Å². The number of benzene rings is 5. The van der Waals surface area contributed by atoms with Gasteiger partial charge in [-0.25, -0.2) is 9.59 Å². The van der Waals surface area contributed by atoms with Gasteiger partial charge in [0.05, 0.1) is 37.9 Å². The van der Waals surface area contributed by atoms with E-state index >= 15 is 0 Å².